The van der Waals surface area contributed by atoms with Gasteiger partial charge in [0.2, 0.25) is 0 Å². The molecule has 0 N–H and O–H groups in total. The van der Waals surface area contributed by atoms with E-state index < -0.39 is 0 Å². The molecule has 3 heteroatoms. The number of hydrogen-bond acceptors (Lipinski definition) is 2. The summed E-state index contributed by atoms with van der Waals surface area (Å²) in [6.07, 6.45) is 1.11. The summed E-state index contributed by atoms with van der Waals surface area (Å²) in [7, 11) is 0. The molecule has 2 nitrogen and oxygen atoms in total. The minimum atomic E-state index is 1.01. The van der Waals surface area contributed by atoms with Crippen molar-refractivity contribution >= 4 is 11.5 Å². The molecule has 2 aromatic carbocycles. The third-order valence-electron chi connectivity index (χ3n) is 3.12. The second-order valence-electron chi connectivity index (χ2n) is 4.67. The van der Waals surface area contributed by atoms with Crippen molar-refractivity contribution in [2.45, 2.75) is 19.9 Å². The number of hydrogen-bond donors (Lipinski definition) is 0. The fourth-order valence-electron chi connectivity index (χ4n) is 2.17. The summed E-state index contributed by atoms with van der Waals surface area (Å²) in [6, 6.07) is 20.8. The van der Waals surface area contributed by atoms with Crippen molar-refractivity contribution in [3.05, 3.63) is 60.7 Å². The van der Waals surface area contributed by atoms with Gasteiger partial charge in [-0.1, -0.05) is 43.3 Å². The van der Waals surface area contributed by atoms with Crippen LogP contribution in [0.5, 0.6) is 0 Å². The number of benzene rings is 2. The van der Waals surface area contributed by atoms with E-state index in [1.807, 2.05) is 12.1 Å². The van der Waals surface area contributed by atoms with E-state index in [1.165, 1.54) is 11.1 Å². The number of nitrogens with zero attached hydrogens (tertiary/aromatic N) is 2. The Bertz CT molecular complexity index is 675. The third kappa shape index (κ3) is 2.63. The number of aromatic nitrogens is 2. The summed E-state index contributed by atoms with van der Waals surface area (Å²) in [6.45, 7) is 3.21. The van der Waals surface area contributed by atoms with Crippen LogP contribution in [0.2, 0.25) is 0 Å². The molecule has 0 aliphatic heterocycles. The molecule has 0 radical (unpaired) electrons. The minimum Gasteiger partial charge on any atom is -0.168 e. The van der Waals surface area contributed by atoms with Crippen molar-refractivity contribution in [2.75, 3.05) is 0 Å². The molecule has 0 spiro atoms. The highest BCUT2D eigenvalue weighted by Crippen LogP contribution is 2.24. The Morgan fingerprint density at radius 1 is 0.900 bits per heavy atom. The quantitative estimate of drug-likeness (QED) is 0.656. The van der Waals surface area contributed by atoms with E-state index in [1.54, 1.807) is 11.5 Å². The second-order valence-corrected chi connectivity index (χ2v) is 5.68. The van der Waals surface area contributed by atoms with Crippen LogP contribution in [0, 0.1) is 0 Å². The van der Waals surface area contributed by atoms with Crippen LogP contribution in [0.4, 0.5) is 0 Å². The summed E-state index contributed by atoms with van der Waals surface area (Å²) in [5.74, 6) is 1.07. The molecule has 3 rings (SSSR count). The average Bonchev–Trinajstić information content (AvgIpc) is 2.94. The summed E-state index contributed by atoms with van der Waals surface area (Å²) in [5, 5.41) is 1.08. The van der Waals surface area contributed by atoms with Crippen molar-refractivity contribution < 1.29 is 3.96 Å². The first-order valence-corrected chi connectivity index (χ1v) is 7.68. The van der Waals surface area contributed by atoms with E-state index in [0.717, 1.165) is 23.8 Å². The highest BCUT2D eigenvalue weighted by molar-refractivity contribution is 7.05. The lowest BCUT2D eigenvalue weighted by molar-refractivity contribution is -0.619. The van der Waals surface area contributed by atoms with Crippen LogP contribution in [0.3, 0.4) is 0 Å². The van der Waals surface area contributed by atoms with Crippen LogP contribution in [0.15, 0.2) is 60.7 Å². The van der Waals surface area contributed by atoms with Crippen molar-refractivity contribution in [1.29, 1.82) is 0 Å². The van der Waals surface area contributed by atoms with Crippen molar-refractivity contribution in [3.63, 3.8) is 0 Å². The maximum atomic E-state index is 4.85. The van der Waals surface area contributed by atoms with Gasteiger partial charge in [0.1, 0.15) is 6.54 Å². The van der Waals surface area contributed by atoms with Crippen LogP contribution in [-0.4, -0.2) is 4.98 Å². The van der Waals surface area contributed by atoms with Gasteiger partial charge in [0.15, 0.2) is 0 Å². The highest BCUT2D eigenvalue weighted by atomic mass is 32.1. The van der Waals surface area contributed by atoms with E-state index in [2.05, 4.69) is 59.4 Å². The molecule has 0 amide bonds. The molecule has 0 saturated carbocycles. The topological polar surface area (TPSA) is 16.8 Å². The minimum absolute atomic E-state index is 1.01. The van der Waals surface area contributed by atoms with Gasteiger partial charge in [0.05, 0.1) is 17.1 Å². The van der Waals surface area contributed by atoms with E-state index in [9.17, 15) is 0 Å². The molecule has 0 bridgehead atoms. The van der Waals surface area contributed by atoms with E-state index in [4.69, 9.17) is 4.98 Å². The molecule has 0 unspecified atom stereocenters. The van der Waals surface area contributed by atoms with Crippen LogP contribution in [0.1, 0.15) is 13.3 Å². The molecule has 0 aliphatic carbocycles. The van der Waals surface area contributed by atoms with Crippen molar-refractivity contribution in [1.82, 2.24) is 4.98 Å². The predicted octanol–water partition coefficient (Wildman–Crippen LogP) is 4.17. The maximum Gasteiger partial charge on any atom is 0.343 e. The maximum absolute atomic E-state index is 4.85. The van der Waals surface area contributed by atoms with Gasteiger partial charge in [-0.15, -0.1) is 0 Å². The fourth-order valence-corrected chi connectivity index (χ4v) is 3.25. The van der Waals surface area contributed by atoms with Crippen LogP contribution >= 0.6 is 11.5 Å². The SMILES string of the molecule is CCC[n+]1sc(-c2ccccc2)nc1-c1ccccc1. The summed E-state index contributed by atoms with van der Waals surface area (Å²) >= 11 is 1.74. The number of rotatable bonds is 4. The van der Waals surface area contributed by atoms with Gasteiger partial charge in [0.25, 0.3) is 5.01 Å². The lowest BCUT2D eigenvalue weighted by Crippen LogP contribution is -2.30. The van der Waals surface area contributed by atoms with Gasteiger partial charge < -0.3 is 0 Å². The largest absolute Gasteiger partial charge is 0.343 e. The van der Waals surface area contributed by atoms with Gasteiger partial charge in [-0.2, -0.15) is 3.96 Å². The molecule has 0 fully saturated rings. The monoisotopic (exact) mass is 281 g/mol. The Balaban J connectivity index is 2.08. The van der Waals surface area contributed by atoms with E-state index >= 15 is 0 Å². The zero-order valence-corrected chi connectivity index (χ0v) is 12.3. The molecule has 1 aromatic heterocycles. The average molecular weight is 281 g/mol. The molecule has 0 aliphatic rings. The normalized spacial score (nSPS) is 10.7. The molecular weight excluding hydrogens is 264 g/mol. The Morgan fingerprint density at radius 3 is 2.10 bits per heavy atom. The summed E-state index contributed by atoms with van der Waals surface area (Å²) in [5.41, 5.74) is 2.36. The van der Waals surface area contributed by atoms with Gasteiger partial charge >= 0.3 is 5.82 Å². The van der Waals surface area contributed by atoms with Crippen LogP contribution in [0.25, 0.3) is 22.0 Å². The predicted molar refractivity (Wildman–Crippen MR) is 83.5 cm³/mol. The molecule has 1 heterocycles. The van der Waals surface area contributed by atoms with E-state index in [0.29, 0.717) is 0 Å². The summed E-state index contributed by atoms with van der Waals surface area (Å²) in [4.78, 5) is 4.85. The molecule has 100 valence electrons. The van der Waals surface area contributed by atoms with Crippen molar-refractivity contribution in [2.24, 2.45) is 0 Å². The second kappa shape index (κ2) is 5.97. The first-order valence-electron chi connectivity index (χ1n) is 6.90. The molecule has 3 aromatic rings. The van der Waals surface area contributed by atoms with Gasteiger partial charge in [0, 0.05) is 5.56 Å². The van der Waals surface area contributed by atoms with Gasteiger partial charge in [-0.25, -0.2) is 0 Å². The van der Waals surface area contributed by atoms with Crippen LogP contribution in [-0.2, 0) is 6.54 Å². The lowest BCUT2D eigenvalue weighted by Gasteiger charge is -1.94. The van der Waals surface area contributed by atoms with Crippen molar-refractivity contribution in [3.8, 4) is 22.0 Å². The molecular formula is C17H17N2S+. The summed E-state index contributed by atoms with van der Waals surface area (Å²) < 4.78 is 2.29. The first kappa shape index (κ1) is 13.0. The van der Waals surface area contributed by atoms with Gasteiger partial charge in [-0.05, 0) is 35.7 Å². The van der Waals surface area contributed by atoms with E-state index in [-0.39, 0.29) is 0 Å². The lowest BCUT2D eigenvalue weighted by atomic mass is 10.2. The number of aryl methyl sites for hydroxylation is 1. The Hall–Kier alpha value is -2.00. The fraction of sp³-hybridized carbons (Fsp3) is 0.176. The molecule has 0 atom stereocenters. The highest BCUT2D eigenvalue weighted by Gasteiger charge is 2.22. The Morgan fingerprint density at radius 2 is 1.50 bits per heavy atom. The standard InChI is InChI=1S/C17H17N2S/c1-2-13-19-16(14-9-5-3-6-10-14)18-17(20-19)15-11-7-4-8-12-15/h3-12H,2,13H2,1H3/q+1. The smallest absolute Gasteiger partial charge is 0.168 e. The molecule has 20 heavy (non-hydrogen) atoms. The third-order valence-corrected chi connectivity index (χ3v) is 4.20. The van der Waals surface area contributed by atoms with Gasteiger partial charge in [-0.3, -0.25) is 0 Å². The zero-order valence-electron chi connectivity index (χ0n) is 11.5. The first-order chi connectivity index (χ1) is 9.88. The Kier molecular flexibility index (Phi) is 3.88. The molecule has 0 saturated heterocycles. The zero-order chi connectivity index (χ0) is 13.8. The van der Waals surface area contributed by atoms with Crippen LogP contribution < -0.4 is 3.96 Å². The Labute approximate surface area is 123 Å².